The van der Waals surface area contributed by atoms with Gasteiger partial charge in [0, 0.05) is 22.8 Å². The summed E-state index contributed by atoms with van der Waals surface area (Å²) in [6.07, 6.45) is 3.21. The molecule has 0 aliphatic heterocycles. The fraction of sp³-hybridized carbons (Fsp3) is 0.100. The zero-order valence-corrected chi connectivity index (χ0v) is 10.0. The first kappa shape index (κ1) is 11.9. The summed E-state index contributed by atoms with van der Waals surface area (Å²) >= 11 is 0. The number of allylic oxidation sites excluding steroid dienone is 1. The molecule has 0 saturated heterocycles. The van der Waals surface area contributed by atoms with Crippen molar-refractivity contribution in [1.29, 1.82) is 0 Å². The lowest BCUT2D eigenvalue weighted by molar-refractivity contribution is -0.00554. The molecule has 88 valence electrons. The number of aromatic hydroxyl groups is 1. The highest BCUT2D eigenvalue weighted by Crippen LogP contribution is 2.31. The van der Waals surface area contributed by atoms with Crippen LogP contribution in [-0.4, -0.2) is 24.0 Å². The van der Waals surface area contributed by atoms with Crippen LogP contribution in [0.3, 0.4) is 0 Å². The van der Waals surface area contributed by atoms with E-state index >= 15 is 0 Å². The Balaban J connectivity index is 2.75. The Morgan fingerprint density at radius 2 is 2.06 bits per heavy atom. The molecule has 1 aromatic carbocycles. The van der Waals surface area contributed by atoms with Crippen LogP contribution in [0.15, 0.2) is 23.1 Å². The number of phenolic OH excluding ortho intramolecular Hbond substituents is 1. The first-order valence-corrected chi connectivity index (χ1v) is 6.92. The Labute approximate surface area is 102 Å². The molecule has 0 fully saturated rings. The lowest BCUT2D eigenvalue weighted by Gasteiger charge is -2.11. The summed E-state index contributed by atoms with van der Waals surface area (Å²) in [5, 5.41) is 9.44. The van der Waals surface area contributed by atoms with Crippen molar-refractivity contribution in [1.82, 2.24) is 0 Å². The number of hydrogen-bond acceptors (Lipinski definition) is 3. The Hall–Kier alpha value is -1.62. The van der Waals surface area contributed by atoms with Crippen molar-refractivity contribution in [3.05, 3.63) is 34.9 Å². The molecule has 5 nitrogen and oxygen atoms in total. The van der Waals surface area contributed by atoms with E-state index < -0.39 is 9.05 Å². The van der Waals surface area contributed by atoms with Crippen LogP contribution >= 0.6 is 10.7 Å². The summed E-state index contributed by atoms with van der Waals surface area (Å²) in [6.45, 7) is 0. The van der Waals surface area contributed by atoms with Gasteiger partial charge in [0.05, 0.1) is 11.3 Å². The first-order chi connectivity index (χ1) is 7.91. The van der Waals surface area contributed by atoms with Crippen LogP contribution in [0.25, 0.3) is 11.6 Å². The number of fused-ring (bicyclic) bond motifs is 1. The Morgan fingerprint density at radius 3 is 2.65 bits per heavy atom. The topological polar surface area (TPSA) is 90.8 Å². The van der Waals surface area contributed by atoms with Crippen molar-refractivity contribution in [3.63, 3.8) is 0 Å². The molecule has 0 atom stereocenters. The van der Waals surface area contributed by atoms with Crippen molar-refractivity contribution in [2.45, 2.75) is 11.3 Å². The van der Waals surface area contributed by atoms with Gasteiger partial charge in [0.25, 0.3) is 14.8 Å². The molecular weight excluding hydrogens is 264 g/mol. The van der Waals surface area contributed by atoms with Gasteiger partial charge in [0.15, 0.2) is 0 Å². The average molecular weight is 271 g/mol. The molecule has 1 aliphatic rings. The zero-order chi connectivity index (χ0) is 12.6. The molecule has 0 spiro atoms. The number of rotatable bonds is 1. The predicted molar refractivity (Wildman–Crippen MR) is 62.5 cm³/mol. The highest BCUT2D eigenvalue weighted by molar-refractivity contribution is 8.13. The van der Waals surface area contributed by atoms with E-state index in [-0.39, 0.29) is 17.1 Å². The maximum atomic E-state index is 11.3. The lowest BCUT2D eigenvalue weighted by atomic mass is 9.96. The van der Waals surface area contributed by atoms with Crippen molar-refractivity contribution in [2.75, 3.05) is 0 Å². The summed E-state index contributed by atoms with van der Waals surface area (Å²) in [5.41, 5.74) is 9.97. The summed E-state index contributed by atoms with van der Waals surface area (Å²) in [6, 6.07) is 2.50. The van der Waals surface area contributed by atoms with E-state index in [4.69, 9.17) is 16.2 Å². The normalized spacial score (nSPS) is 14.3. The minimum absolute atomic E-state index is 0.151. The number of phenols is 1. The number of hydrogen-bond donors (Lipinski definition) is 1. The molecule has 0 saturated carbocycles. The van der Waals surface area contributed by atoms with Crippen LogP contribution in [0.4, 0.5) is 0 Å². The molecule has 7 heteroatoms. The Kier molecular flexibility index (Phi) is 2.79. The second-order valence-electron chi connectivity index (χ2n) is 3.56. The van der Waals surface area contributed by atoms with Gasteiger partial charge in [-0.3, -0.25) is 0 Å². The van der Waals surface area contributed by atoms with Gasteiger partial charge in [-0.1, -0.05) is 0 Å². The monoisotopic (exact) mass is 270 g/mol. The van der Waals surface area contributed by atoms with Crippen LogP contribution in [0, 0.1) is 0 Å². The summed E-state index contributed by atoms with van der Waals surface area (Å²) in [4.78, 5) is 2.88. The highest BCUT2D eigenvalue weighted by atomic mass is 35.7. The standard InChI is InChI=1S/C10H7ClN2O3S/c11-17(15,16)10-5-8(14)4-6-3-7(13-12)1-2-9(6)10/h1-2,4-5,14H,3H2. The van der Waals surface area contributed by atoms with Gasteiger partial charge in [0.1, 0.15) is 5.75 Å². The third-order valence-electron chi connectivity index (χ3n) is 2.42. The third-order valence-corrected chi connectivity index (χ3v) is 3.78. The molecule has 0 bridgehead atoms. The third kappa shape index (κ3) is 2.24. The zero-order valence-electron chi connectivity index (χ0n) is 8.46. The number of nitrogens with zero attached hydrogens (tertiary/aromatic N) is 2. The quantitative estimate of drug-likeness (QED) is 0.477. The summed E-state index contributed by atoms with van der Waals surface area (Å²) < 4.78 is 22.7. The molecule has 17 heavy (non-hydrogen) atoms. The maximum Gasteiger partial charge on any atom is 0.296 e. The van der Waals surface area contributed by atoms with Gasteiger partial charge in [-0.15, -0.1) is 0 Å². The lowest BCUT2D eigenvalue weighted by Crippen LogP contribution is -2.09. The van der Waals surface area contributed by atoms with Crippen LogP contribution < -0.4 is 0 Å². The molecule has 1 aromatic rings. The van der Waals surface area contributed by atoms with E-state index in [1.807, 2.05) is 0 Å². The van der Waals surface area contributed by atoms with Crippen LogP contribution in [0.2, 0.25) is 0 Å². The maximum absolute atomic E-state index is 11.3. The molecule has 0 heterocycles. The van der Waals surface area contributed by atoms with Crippen molar-refractivity contribution in [2.24, 2.45) is 0 Å². The molecule has 1 aliphatic carbocycles. The van der Waals surface area contributed by atoms with Crippen LogP contribution in [0.5, 0.6) is 5.75 Å². The molecule has 1 N–H and O–H groups in total. The van der Waals surface area contributed by atoms with Crippen LogP contribution in [-0.2, 0) is 15.5 Å². The van der Waals surface area contributed by atoms with Crippen LogP contribution in [0.1, 0.15) is 11.1 Å². The van der Waals surface area contributed by atoms with Crippen molar-refractivity contribution in [3.8, 4) is 5.75 Å². The van der Waals surface area contributed by atoms with Gasteiger partial charge in [0.2, 0.25) is 0 Å². The molecular formula is C10H7ClN2O3S. The second-order valence-corrected chi connectivity index (χ2v) is 6.09. The largest absolute Gasteiger partial charge is 0.508 e. The summed E-state index contributed by atoms with van der Waals surface area (Å²) in [7, 11) is 1.35. The fourth-order valence-electron chi connectivity index (χ4n) is 1.71. The first-order valence-electron chi connectivity index (χ1n) is 4.61. The van der Waals surface area contributed by atoms with Gasteiger partial charge >= 0.3 is 0 Å². The second kappa shape index (κ2) is 4.00. The smallest absolute Gasteiger partial charge is 0.296 e. The van der Waals surface area contributed by atoms with Crippen molar-refractivity contribution < 1.29 is 18.3 Å². The molecule has 2 rings (SSSR count). The van der Waals surface area contributed by atoms with E-state index in [2.05, 4.69) is 4.79 Å². The molecule has 0 radical (unpaired) electrons. The molecule has 0 amide bonds. The van der Waals surface area contributed by atoms with Gasteiger partial charge in [-0.25, -0.2) is 8.42 Å². The van der Waals surface area contributed by atoms with Crippen molar-refractivity contribution >= 4 is 31.5 Å². The van der Waals surface area contributed by atoms with Gasteiger partial charge in [-0.05, 0) is 23.3 Å². The molecule has 0 unspecified atom stereocenters. The average Bonchev–Trinajstić information content (AvgIpc) is 2.25. The molecule has 0 aromatic heterocycles. The van der Waals surface area contributed by atoms with E-state index in [1.54, 1.807) is 0 Å². The van der Waals surface area contributed by atoms with E-state index in [1.165, 1.54) is 18.2 Å². The fourth-order valence-corrected chi connectivity index (χ4v) is 2.81. The van der Waals surface area contributed by atoms with E-state index in [9.17, 15) is 13.5 Å². The predicted octanol–water partition coefficient (Wildman–Crippen LogP) is 1.56. The van der Waals surface area contributed by atoms with E-state index in [0.717, 1.165) is 6.07 Å². The highest BCUT2D eigenvalue weighted by Gasteiger charge is 2.23. The van der Waals surface area contributed by atoms with Gasteiger partial charge in [-0.2, -0.15) is 4.79 Å². The van der Waals surface area contributed by atoms with Gasteiger partial charge < -0.3 is 10.6 Å². The van der Waals surface area contributed by atoms with E-state index in [0.29, 0.717) is 16.8 Å². The summed E-state index contributed by atoms with van der Waals surface area (Å²) in [5.74, 6) is -0.199. The minimum Gasteiger partial charge on any atom is -0.508 e. The SMILES string of the molecule is [N-]=[N+]=C1C=Cc2c(cc(O)cc2S(=O)(=O)Cl)C1. The Morgan fingerprint density at radius 1 is 1.35 bits per heavy atom. The minimum atomic E-state index is -3.93. The number of halogens is 1. The Bertz CT molecular complexity index is 673. The number of benzene rings is 1.